The fourth-order valence-electron chi connectivity index (χ4n) is 2.09. The van der Waals surface area contributed by atoms with Crippen molar-refractivity contribution in [2.45, 2.75) is 9.79 Å². The first-order valence-electron chi connectivity index (χ1n) is 7.97. The van der Waals surface area contributed by atoms with Gasteiger partial charge in [0.05, 0.1) is 37.1 Å². The number of carbonyl (C=O) groups is 1. The minimum absolute atomic E-state index is 0.0417. The summed E-state index contributed by atoms with van der Waals surface area (Å²) in [4.78, 5) is 11.8. The Morgan fingerprint density at radius 2 is 1.04 bits per heavy atom. The minimum Gasteiger partial charge on any atom is -0.497 e. The summed E-state index contributed by atoms with van der Waals surface area (Å²) in [6, 6.07) is 11.2. The summed E-state index contributed by atoms with van der Waals surface area (Å²) in [6.07, 6.45) is 0. The van der Waals surface area contributed by atoms with Gasteiger partial charge in [0.15, 0.2) is 5.78 Å². The summed E-state index contributed by atoms with van der Waals surface area (Å²) < 4.78 is 62.8. The second kappa shape index (κ2) is 9.15. The van der Waals surface area contributed by atoms with E-state index in [1.54, 1.807) is 0 Å². The summed E-state index contributed by atoms with van der Waals surface area (Å²) in [7, 11) is -4.92. The molecule has 2 aromatic carbocycles. The molecule has 0 saturated heterocycles. The molecular weight excluding hydrogens is 408 g/mol. The van der Waals surface area contributed by atoms with Gasteiger partial charge in [0.1, 0.15) is 11.5 Å². The van der Waals surface area contributed by atoms with Crippen LogP contribution in [-0.4, -0.2) is 49.9 Å². The maximum Gasteiger partial charge on any atom is 0.240 e. The highest BCUT2D eigenvalue weighted by Crippen LogP contribution is 2.16. The molecule has 2 aromatic rings. The molecule has 152 valence electrons. The van der Waals surface area contributed by atoms with Gasteiger partial charge in [-0.15, -0.1) is 0 Å². The van der Waals surface area contributed by atoms with Crippen molar-refractivity contribution in [3.05, 3.63) is 48.5 Å². The van der Waals surface area contributed by atoms with E-state index in [0.717, 1.165) is 0 Å². The van der Waals surface area contributed by atoms with E-state index in [1.807, 2.05) is 0 Å². The molecule has 0 spiro atoms. The van der Waals surface area contributed by atoms with E-state index in [1.165, 1.54) is 62.8 Å². The second-order valence-electron chi connectivity index (χ2n) is 5.54. The Balaban J connectivity index is 1.92. The molecule has 28 heavy (non-hydrogen) atoms. The third kappa shape index (κ3) is 5.76. The van der Waals surface area contributed by atoms with E-state index in [2.05, 4.69) is 9.44 Å². The van der Waals surface area contributed by atoms with Crippen LogP contribution in [0.2, 0.25) is 0 Å². The van der Waals surface area contributed by atoms with Gasteiger partial charge in [-0.05, 0) is 48.5 Å². The number of Topliss-reactive ketones (excluding diaryl/α,β-unsaturated/α-hetero) is 1. The zero-order valence-corrected chi connectivity index (χ0v) is 16.8. The van der Waals surface area contributed by atoms with Crippen molar-refractivity contribution >= 4 is 25.8 Å². The van der Waals surface area contributed by atoms with E-state index >= 15 is 0 Å². The molecule has 0 bridgehead atoms. The summed E-state index contributed by atoms with van der Waals surface area (Å²) in [5.41, 5.74) is 0. The smallest absolute Gasteiger partial charge is 0.240 e. The van der Waals surface area contributed by atoms with Crippen LogP contribution in [0, 0.1) is 0 Å². The van der Waals surface area contributed by atoms with Crippen molar-refractivity contribution in [3.63, 3.8) is 0 Å². The van der Waals surface area contributed by atoms with Crippen LogP contribution in [0.1, 0.15) is 0 Å². The Labute approximate surface area is 163 Å². The maximum absolute atomic E-state index is 12.2. The lowest BCUT2D eigenvalue weighted by molar-refractivity contribution is -0.116. The zero-order chi connectivity index (χ0) is 20.8. The van der Waals surface area contributed by atoms with Gasteiger partial charge in [-0.3, -0.25) is 4.79 Å². The first-order chi connectivity index (χ1) is 13.2. The van der Waals surface area contributed by atoms with Crippen LogP contribution in [0.3, 0.4) is 0 Å². The number of sulfonamides is 2. The molecule has 0 amide bonds. The predicted molar refractivity (Wildman–Crippen MR) is 101 cm³/mol. The Kier molecular flexibility index (Phi) is 7.13. The van der Waals surface area contributed by atoms with Crippen LogP contribution < -0.4 is 18.9 Å². The number of carbonyl (C=O) groups excluding carboxylic acids is 1. The van der Waals surface area contributed by atoms with Crippen molar-refractivity contribution < 1.29 is 31.1 Å². The number of methoxy groups -OCH3 is 2. The van der Waals surface area contributed by atoms with Crippen molar-refractivity contribution in [1.82, 2.24) is 9.44 Å². The van der Waals surface area contributed by atoms with Gasteiger partial charge >= 0.3 is 0 Å². The van der Waals surface area contributed by atoms with E-state index in [9.17, 15) is 21.6 Å². The lowest BCUT2D eigenvalue weighted by atomic mass is 10.3. The molecule has 0 saturated carbocycles. The molecule has 0 fully saturated rings. The minimum atomic E-state index is -3.91. The zero-order valence-electron chi connectivity index (χ0n) is 15.2. The summed E-state index contributed by atoms with van der Waals surface area (Å²) in [5, 5.41) is 0. The number of nitrogens with one attached hydrogen (secondary N) is 2. The molecule has 0 unspecified atom stereocenters. The summed E-state index contributed by atoms with van der Waals surface area (Å²) in [6.45, 7) is -1.11. The van der Waals surface area contributed by atoms with E-state index in [0.29, 0.717) is 11.5 Å². The van der Waals surface area contributed by atoms with Gasteiger partial charge in [-0.25, -0.2) is 26.3 Å². The summed E-state index contributed by atoms with van der Waals surface area (Å²) in [5.74, 6) is 0.333. The molecule has 0 aromatic heterocycles. The highest BCUT2D eigenvalue weighted by molar-refractivity contribution is 7.89. The van der Waals surface area contributed by atoms with Gasteiger partial charge in [0.2, 0.25) is 20.0 Å². The molecule has 0 radical (unpaired) electrons. The fourth-order valence-corrected chi connectivity index (χ4v) is 4.11. The van der Waals surface area contributed by atoms with E-state index < -0.39 is 38.9 Å². The monoisotopic (exact) mass is 428 g/mol. The normalized spacial score (nSPS) is 11.8. The van der Waals surface area contributed by atoms with Gasteiger partial charge in [0.25, 0.3) is 0 Å². The van der Waals surface area contributed by atoms with Gasteiger partial charge in [0, 0.05) is 0 Å². The topological polar surface area (TPSA) is 128 Å². The number of hydrogen-bond acceptors (Lipinski definition) is 7. The highest BCUT2D eigenvalue weighted by Gasteiger charge is 2.18. The molecule has 0 atom stereocenters. The maximum atomic E-state index is 12.2. The molecule has 2 rings (SSSR count). The number of benzene rings is 2. The Bertz CT molecular complexity index is 933. The average molecular weight is 428 g/mol. The lowest BCUT2D eigenvalue weighted by Gasteiger charge is -2.09. The number of hydrogen-bond donors (Lipinski definition) is 2. The van der Waals surface area contributed by atoms with Crippen LogP contribution in [-0.2, 0) is 24.8 Å². The molecule has 0 aliphatic rings. The molecular formula is C17H20N2O7S2. The van der Waals surface area contributed by atoms with Gasteiger partial charge < -0.3 is 9.47 Å². The fraction of sp³-hybridized carbons (Fsp3) is 0.235. The van der Waals surface area contributed by atoms with Crippen molar-refractivity contribution in [1.29, 1.82) is 0 Å². The number of ether oxygens (including phenoxy) is 2. The third-order valence-corrected chi connectivity index (χ3v) is 6.49. The first kappa shape index (κ1) is 21.8. The van der Waals surface area contributed by atoms with Gasteiger partial charge in [-0.2, -0.15) is 0 Å². The van der Waals surface area contributed by atoms with Crippen LogP contribution >= 0.6 is 0 Å². The standard InChI is InChI=1S/C17H20N2O7S2/c1-25-14-3-7-16(8-4-14)27(21,22)18-11-13(20)12-19-28(23,24)17-9-5-15(26-2)6-10-17/h3-10,18-19H,11-12H2,1-2H3. The van der Waals surface area contributed by atoms with Crippen molar-refractivity contribution in [2.24, 2.45) is 0 Å². The van der Waals surface area contributed by atoms with E-state index in [4.69, 9.17) is 9.47 Å². The molecule has 0 heterocycles. The largest absolute Gasteiger partial charge is 0.497 e. The number of ketones is 1. The van der Waals surface area contributed by atoms with Crippen molar-refractivity contribution in [3.8, 4) is 11.5 Å². The Hall–Kier alpha value is -2.47. The van der Waals surface area contributed by atoms with E-state index in [-0.39, 0.29) is 9.79 Å². The molecule has 0 aliphatic heterocycles. The SMILES string of the molecule is COc1ccc(S(=O)(=O)NCC(=O)CNS(=O)(=O)c2ccc(OC)cc2)cc1. The quantitative estimate of drug-likeness (QED) is 0.565. The average Bonchev–Trinajstić information content (AvgIpc) is 2.71. The van der Waals surface area contributed by atoms with Crippen LogP contribution in [0.15, 0.2) is 58.3 Å². The lowest BCUT2D eigenvalue weighted by Crippen LogP contribution is -2.36. The molecule has 0 aliphatic carbocycles. The molecule has 2 N–H and O–H groups in total. The first-order valence-corrected chi connectivity index (χ1v) is 10.9. The third-order valence-electron chi connectivity index (χ3n) is 3.66. The van der Waals surface area contributed by atoms with Crippen LogP contribution in [0.4, 0.5) is 0 Å². The highest BCUT2D eigenvalue weighted by atomic mass is 32.2. The van der Waals surface area contributed by atoms with Crippen LogP contribution in [0.5, 0.6) is 11.5 Å². The molecule has 11 heteroatoms. The Morgan fingerprint density at radius 1 is 0.714 bits per heavy atom. The van der Waals surface area contributed by atoms with Gasteiger partial charge in [-0.1, -0.05) is 0 Å². The number of rotatable bonds is 10. The van der Waals surface area contributed by atoms with Crippen molar-refractivity contribution in [2.75, 3.05) is 27.3 Å². The second-order valence-corrected chi connectivity index (χ2v) is 9.07. The Morgan fingerprint density at radius 3 is 1.32 bits per heavy atom. The summed E-state index contributed by atoms with van der Waals surface area (Å²) >= 11 is 0. The van der Waals surface area contributed by atoms with Crippen LogP contribution in [0.25, 0.3) is 0 Å². The molecule has 9 nitrogen and oxygen atoms in total. The predicted octanol–water partition coefficient (Wildman–Crippen LogP) is 0.530.